The third kappa shape index (κ3) is 3.24. The number of carbonyl (C=O) groups excluding carboxylic acids is 1. The van der Waals surface area contributed by atoms with E-state index in [1.54, 1.807) is 0 Å². The second kappa shape index (κ2) is 6.76. The van der Waals surface area contributed by atoms with E-state index in [9.17, 15) is 4.79 Å². The number of hydrogen-bond acceptors (Lipinski definition) is 2. The number of amides is 1. The Morgan fingerprint density at radius 2 is 1.81 bits per heavy atom. The zero-order valence-corrected chi connectivity index (χ0v) is 15.7. The summed E-state index contributed by atoms with van der Waals surface area (Å²) in [6.07, 6.45) is 2.06. The molecule has 0 aliphatic heterocycles. The monoisotopic (exact) mass is 358 g/mol. The van der Waals surface area contributed by atoms with Crippen LogP contribution in [0.5, 0.6) is 0 Å². The molecule has 0 saturated carbocycles. The van der Waals surface area contributed by atoms with Crippen molar-refractivity contribution in [1.29, 1.82) is 0 Å². The Morgan fingerprint density at radius 3 is 2.48 bits per heavy atom. The zero-order chi connectivity index (χ0) is 19.0. The maximum Gasteiger partial charge on any atom is 0.255 e. The Morgan fingerprint density at radius 1 is 1.04 bits per heavy atom. The number of anilines is 1. The van der Waals surface area contributed by atoms with Crippen molar-refractivity contribution in [3.63, 3.8) is 0 Å². The molecule has 27 heavy (non-hydrogen) atoms. The Labute approximate surface area is 158 Å². The van der Waals surface area contributed by atoms with Crippen LogP contribution in [0.2, 0.25) is 0 Å². The molecule has 0 fully saturated rings. The van der Waals surface area contributed by atoms with Gasteiger partial charge in [-0.2, -0.15) is 5.10 Å². The van der Waals surface area contributed by atoms with Crippen molar-refractivity contribution in [3.05, 3.63) is 77.7 Å². The smallest absolute Gasteiger partial charge is 0.255 e. The molecule has 1 amide bonds. The normalized spacial score (nSPS) is 11.1. The minimum atomic E-state index is -0.121. The molecule has 5 heteroatoms. The summed E-state index contributed by atoms with van der Waals surface area (Å²) < 4.78 is 4.04. The standard InChI is InChI=1S/C22H22N4O/c1-4-25-12-11-17-5-8-19(14-21(17)25)23-22(27)18-6-9-20(10-7-18)26-16(3)13-15(2)24-26/h5-14H,4H2,1-3H3,(H,23,27). The van der Waals surface area contributed by atoms with E-state index in [1.165, 1.54) is 5.39 Å². The molecular formula is C22H22N4O. The average molecular weight is 358 g/mol. The van der Waals surface area contributed by atoms with E-state index in [0.29, 0.717) is 5.56 Å². The first kappa shape index (κ1) is 17.1. The van der Waals surface area contributed by atoms with Crippen molar-refractivity contribution in [2.75, 3.05) is 5.32 Å². The number of benzene rings is 2. The van der Waals surface area contributed by atoms with Gasteiger partial charge in [0.15, 0.2) is 0 Å². The largest absolute Gasteiger partial charge is 0.348 e. The van der Waals surface area contributed by atoms with Gasteiger partial charge in [-0.25, -0.2) is 4.68 Å². The molecule has 2 heterocycles. The van der Waals surface area contributed by atoms with Gasteiger partial charge in [0.25, 0.3) is 5.91 Å². The van der Waals surface area contributed by atoms with Gasteiger partial charge in [0.1, 0.15) is 0 Å². The molecule has 0 aliphatic rings. The van der Waals surface area contributed by atoms with E-state index >= 15 is 0 Å². The maximum absolute atomic E-state index is 12.6. The highest BCUT2D eigenvalue weighted by molar-refractivity contribution is 6.05. The van der Waals surface area contributed by atoms with E-state index in [-0.39, 0.29) is 5.91 Å². The molecular weight excluding hydrogens is 336 g/mol. The van der Waals surface area contributed by atoms with Crippen LogP contribution in [0, 0.1) is 13.8 Å². The molecule has 0 bridgehead atoms. The Bertz CT molecular complexity index is 1120. The molecule has 5 nitrogen and oxygen atoms in total. The topological polar surface area (TPSA) is 51.9 Å². The number of aromatic nitrogens is 3. The Balaban J connectivity index is 1.55. The van der Waals surface area contributed by atoms with Gasteiger partial charge >= 0.3 is 0 Å². The van der Waals surface area contributed by atoms with Crippen LogP contribution >= 0.6 is 0 Å². The van der Waals surface area contributed by atoms with E-state index in [4.69, 9.17) is 0 Å². The second-order valence-electron chi connectivity index (χ2n) is 6.72. The zero-order valence-electron chi connectivity index (χ0n) is 15.7. The lowest BCUT2D eigenvalue weighted by atomic mass is 10.1. The highest BCUT2D eigenvalue weighted by Crippen LogP contribution is 2.21. The fraction of sp³-hybridized carbons (Fsp3) is 0.182. The summed E-state index contributed by atoms with van der Waals surface area (Å²) in [5, 5.41) is 8.64. The summed E-state index contributed by atoms with van der Waals surface area (Å²) in [4.78, 5) is 12.6. The molecule has 0 spiro atoms. The molecule has 0 radical (unpaired) electrons. The van der Waals surface area contributed by atoms with Crippen molar-refractivity contribution in [1.82, 2.24) is 14.3 Å². The molecule has 136 valence electrons. The number of rotatable bonds is 4. The minimum Gasteiger partial charge on any atom is -0.348 e. The molecule has 0 aliphatic carbocycles. The Hall–Kier alpha value is -3.34. The van der Waals surface area contributed by atoms with Gasteiger partial charge in [-0.3, -0.25) is 4.79 Å². The van der Waals surface area contributed by atoms with E-state index in [2.05, 4.69) is 34.2 Å². The molecule has 0 saturated heterocycles. The van der Waals surface area contributed by atoms with Gasteiger partial charge in [-0.1, -0.05) is 6.07 Å². The SMILES string of the molecule is CCn1ccc2ccc(NC(=O)c3ccc(-n4nc(C)cc4C)cc3)cc21. The predicted molar refractivity (Wildman–Crippen MR) is 109 cm³/mol. The summed E-state index contributed by atoms with van der Waals surface area (Å²) in [7, 11) is 0. The van der Waals surface area contributed by atoms with Crippen LogP contribution in [0.25, 0.3) is 16.6 Å². The summed E-state index contributed by atoms with van der Waals surface area (Å²) in [5.41, 5.74) is 5.52. The van der Waals surface area contributed by atoms with Crippen molar-refractivity contribution in [3.8, 4) is 5.69 Å². The number of hydrogen-bond donors (Lipinski definition) is 1. The predicted octanol–water partition coefficient (Wildman–Crippen LogP) is 4.72. The van der Waals surface area contributed by atoms with Crippen LogP contribution in [-0.4, -0.2) is 20.3 Å². The highest BCUT2D eigenvalue weighted by atomic mass is 16.1. The number of nitrogens with zero attached hydrogens (tertiary/aromatic N) is 3. The van der Waals surface area contributed by atoms with Gasteiger partial charge in [0.2, 0.25) is 0 Å². The van der Waals surface area contributed by atoms with Crippen LogP contribution in [0.3, 0.4) is 0 Å². The highest BCUT2D eigenvalue weighted by Gasteiger charge is 2.09. The number of nitrogens with one attached hydrogen (secondary N) is 1. The Kier molecular flexibility index (Phi) is 4.28. The third-order valence-corrected chi connectivity index (χ3v) is 4.76. The second-order valence-corrected chi connectivity index (χ2v) is 6.72. The molecule has 2 aromatic carbocycles. The average Bonchev–Trinajstić information content (AvgIpc) is 3.23. The van der Waals surface area contributed by atoms with Crippen LogP contribution < -0.4 is 5.32 Å². The van der Waals surface area contributed by atoms with Crippen molar-refractivity contribution < 1.29 is 4.79 Å². The third-order valence-electron chi connectivity index (χ3n) is 4.76. The fourth-order valence-electron chi connectivity index (χ4n) is 3.38. The molecule has 0 atom stereocenters. The van der Waals surface area contributed by atoms with Gasteiger partial charge in [0.05, 0.1) is 16.9 Å². The van der Waals surface area contributed by atoms with E-state index < -0.39 is 0 Å². The summed E-state index contributed by atoms with van der Waals surface area (Å²) >= 11 is 0. The van der Waals surface area contributed by atoms with Crippen molar-refractivity contribution in [2.45, 2.75) is 27.3 Å². The molecule has 2 aromatic heterocycles. The molecule has 0 unspecified atom stereocenters. The number of fused-ring (bicyclic) bond motifs is 1. The molecule has 1 N–H and O–H groups in total. The van der Waals surface area contributed by atoms with Crippen molar-refractivity contribution in [2.24, 2.45) is 0 Å². The summed E-state index contributed by atoms with van der Waals surface area (Å²) in [5.74, 6) is -0.121. The lowest BCUT2D eigenvalue weighted by Gasteiger charge is -2.09. The minimum absolute atomic E-state index is 0.121. The number of carbonyl (C=O) groups is 1. The van der Waals surface area contributed by atoms with Gasteiger partial charge < -0.3 is 9.88 Å². The number of aryl methyl sites for hydroxylation is 3. The van der Waals surface area contributed by atoms with Crippen LogP contribution in [0.1, 0.15) is 28.7 Å². The van der Waals surface area contributed by atoms with Gasteiger partial charge in [-0.15, -0.1) is 0 Å². The first-order valence-electron chi connectivity index (χ1n) is 9.09. The first-order chi connectivity index (χ1) is 13.0. The van der Waals surface area contributed by atoms with E-state index in [0.717, 1.165) is 34.8 Å². The molecule has 4 rings (SSSR count). The maximum atomic E-state index is 12.6. The van der Waals surface area contributed by atoms with Crippen LogP contribution in [0.15, 0.2) is 60.8 Å². The summed E-state index contributed by atoms with van der Waals surface area (Å²) in [6.45, 7) is 6.99. The van der Waals surface area contributed by atoms with Gasteiger partial charge in [-0.05, 0) is 74.7 Å². The van der Waals surface area contributed by atoms with Crippen LogP contribution in [0.4, 0.5) is 5.69 Å². The lowest BCUT2D eigenvalue weighted by molar-refractivity contribution is 0.102. The van der Waals surface area contributed by atoms with E-state index in [1.807, 2.05) is 67.1 Å². The fourth-order valence-corrected chi connectivity index (χ4v) is 3.38. The lowest BCUT2D eigenvalue weighted by Crippen LogP contribution is -2.12. The summed E-state index contributed by atoms with van der Waals surface area (Å²) in [6, 6.07) is 17.6. The quantitative estimate of drug-likeness (QED) is 0.574. The van der Waals surface area contributed by atoms with Crippen LogP contribution in [-0.2, 0) is 6.54 Å². The van der Waals surface area contributed by atoms with Gasteiger partial charge in [0, 0.05) is 29.7 Å². The molecule has 4 aromatic rings. The van der Waals surface area contributed by atoms with Crippen molar-refractivity contribution >= 4 is 22.5 Å². The first-order valence-corrected chi connectivity index (χ1v) is 9.09.